The lowest BCUT2D eigenvalue weighted by molar-refractivity contribution is 0.00695. The van der Waals surface area contributed by atoms with Crippen molar-refractivity contribution in [3.8, 4) is 11.1 Å². The molecule has 114 valence electrons. The number of hydrogen-bond acceptors (Lipinski definition) is 3. The van der Waals surface area contributed by atoms with Gasteiger partial charge in [-0.15, -0.1) is 0 Å². The smallest absolute Gasteiger partial charge is 0.338 e. The minimum Gasteiger partial charge on any atom is -0.456 e. The number of ether oxygens (including phenoxy) is 1. The molecule has 0 aliphatic carbocycles. The second kappa shape index (κ2) is 6.14. The standard InChI is InChI=1S/C19H20O3/c1-13-5-6-16(11-17(13)12-20)14-7-9-15(10-8-14)18(21)22-19(2,3)4/h5-12H,1-4H3. The summed E-state index contributed by atoms with van der Waals surface area (Å²) in [5, 5.41) is 0. The summed E-state index contributed by atoms with van der Waals surface area (Å²) in [6.45, 7) is 7.42. The molecule has 0 fully saturated rings. The highest BCUT2D eigenvalue weighted by Crippen LogP contribution is 2.23. The van der Waals surface area contributed by atoms with E-state index in [1.807, 2.05) is 58.0 Å². The molecular weight excluding hydrogens is 276 g/mol. The van der Waals surface area contributed by atoms with Crippen molar-refractivity contribution in [1.29, 1.82) is 0 Å². The molecule has 0 bridgehead atoms. The molecule has 22 heavy (non-hydrogen) atoms. The van der Waals surface area contributed by atoms with E-state index in [2.05, 4.69) is 0 Å². The van der Waals surface area contributed by atoms with Crippen LogP contribution in [-0.2, 0) is 4.74 Å². The second-order valence-electron chi connectivity index (χ2n) is 6.27. The first kappa shape index (κ1) is 16.0. The first-order chi connectivity index (χ1) is 10.3. The van der Waals surface area contributed by atoms with Crippen LogP contribution in [0, 0.1) is 6.92 Å². The van der Waals surface area contributed by atoms with Gasteiger partial charge in [0.05, 0.1) is 5.56 Å². The molecule has 0 spiro atoms. The molecule has 0 amide bonds. The molecular formula is C19H20O3. The number of benzene rings is 2. The molecule has 0 unspecified atom stereocenters. The van der Waals surface area contributed by atoms with E-state index in [0.717, 1.165) is 23.0 Å². The Bertz CT molecular complexity index is 692. The normalized spacial score (nSPS) is 11.1. The molecule has 0 aliphatic heterocycles. The zero-order valence-corrected chi connectivity index (χ0v) is 13.3. The van der Waals surface area contributed by atoms with Gasteiger partial charge in [-0.3, -0.25) is 4.79 Å². The van der Waals surface area contributed by atoms with E-state index < -0.39 is 5.60 Å². The summed E-state index contributed by atoms with van der Waals surface area (Å²) in [6, 6.07) is 12.9. The molecule has 0 N–H and O–H groups in total. The molecule has 3 heteroatoms. The maximum atomic E-state index is 12.0. The van der Waals surface area contributed by atoms with Crippen LogP contribution in [0.1, 0.15) is 47.1 Å². The molecule has 0 heterocycles. The highest BCUT2D eigenvalue weighted by atomic mass is 16.6. The monoisotopic (exact) mass is 296 g/mol. The van der Waals surface area contributed by atoms with Gasteiger partial charge in [0.25, 0.3) is 0 Å². The Morgan fingerprint density at radius 1 is 1.00 bits per heavy atom. The highest BCUT2D eigenvalue weighted by molar-refractivity contribution is 5.90. The van der Waals surface area contributed by atoms with Crippen molar-refractivity contribution in [2.24, 2.45) is 0 Å². The first-order valence-electron chi connectivity index (χ1n) is 7.20. The fraction of sp³-hybridized carbons (Fsp3) is 0.263. The predicted molar refractivity (Wildman–Crippen MR) is 87.2 cm³/mol. The molecule has 2 aromatic rings. The number of aldehydes is 1. The first-order valence-corrected chi connectivity index (χ1v) is 7.20. The summed E-state index contributed by atoms with van der Waals surface area (Å²) in [5.74, 6) is -0.337. The van der Waals surface area contributed by atoms with E-state index in [9.17, 15) is 9.59 Å². The summed E-state index contributed by atoms with van der Waals surface area (Å²) < 4.78 is 5.34. The number of hydrogen-bond donors (Lipinski definition) is 0. The fourth-order valence-electron chi connectivity index (χ4n) is 2.08. The van der Waals surface area contributed by atoms with E-state index in [0.29, 0.717) is 11.1 Å². The highest BCUT2D eigenvalue weighted by Gasteiger charge is 2.17. The Labute approximate surface area is 130 Å². The van der Waals surface area contributed by atoms with Crippen molar-refractivity contribution in [3.63, 3.8) is 0 Å². The van der Waals surface area contributed by atoms with Gasteiger partial charge in [0.2, 0.25) is 0 Å². The molecule has 0 saturated carbocycles. The number of esters is 1. The summed E-state index contributed by atoms with van der Waals surface area (Å²) in [6.07, 6.45) is 0.855. The van der Waals surface area contributed by atoms with Gasteiger partial charge < -0.3 is 4.74 Å². The minimum atomic E-state index is -0.508. The van der Waals surface area contributed by atoms with Gasteiger partial charge in [0.1, 0.15) is 11.9 Å². The zero-order chi connectivity index (χ0) is 16.3. The van der Waals surface area contributed by atoms with Crippen molar-refractivity contribution in [2.45, 2.75) is 33.3 Å². The Balaban J connectivity index is 2.25. The van der Waals surface area contributed by atoms with Crippen molar-refractivity contribution in [3.05, 3.63) is 59.2 Å². The number of aryl methyl sites for hydroxylation is 1. The Hall–Kier alpha value is -2.42. The number of carbonyl (C=O) groups is 2. The van der Waals surface area contributed by atoms with Gasteiger partial charge >= 0.3 is 5.97 Å². The largest absolute Gasteiger partial charge is 0.456 e. The van der Waals surface area contributed by atoms with Crippen LogP contribution in [0.5, 0.6) is 0 Å². The van der Waals surface area contributed by atoms with Gasteiger partial charge in [0, 0.05) is 5.56 Å². The third-order valence-corrected chi connectivity index (χ3v) is 3.26. The van der Waals surface area contributed by atoms with Crippen molar-refractivity contribution >= 4 is 12.3 Å². The van der Waals surface area contributed by atoms with E-state index in [4.69, 9.17) is 4.74 Å². The summed E-state index contributed by atoms with van der Waals surface area (Å²) in [4.78, 5) is 23.0. The van der Waals surface area contributed by atoms with Crippen molar-refractivity contribution in [1.82, 2.24) is 0 Å². The Morgan fingerprint density at radius 2 is 1.59 bits per heavy atom. The van der Waals surface area contributed by atoms with E-state index >= 15 is 0 Å². The molecule has 0 radical (unpaired) electrons. The fourth-order valence-corrected chi connectivity index (χ4v) is 2.08. The summed E-state index contributed by atoms with van der Waals surface area (Å²) >= 11 is 0. The number of carbonyl (C=O) groups excluding carboxylic acids is 2. The van der Waals surface area contributed by atoms with Crippen LogP contribution >= 0.6 is 0 Å². The maximum absolute atomic E-state index is 12.0. The molecule has 0 atom stereocenters. The van der Waals surface area contributed by atoms with E-state index in [1.165, 1.54) is 0 Å². The minimum absolute atomic E-state index is 0.337. The van der Waals surface area contributed by atoms with Gasteiger partial charge in [-0.1, -0.05) is 24.3 Å². The zero-order valence-electron chi connectivity index (χ0n) is 13.3. The molecule has 2 rings (SSSR count). The summed E-state index contributed by atoms with van der Waals surface area (Å²) in [7, 11) is 0. The van der Waals surface area contributed by atoms with Gasteiger partial charge in [-0.25, -0.2) is 4.79 Å². The van der Waals surface area contributed by atoms with Gasteiger partial charge in [0.15, 0.2) is 0 Å². The van der Waals surface area contributed by atoms with E-state index in [-0.39, 0.29) is 5.97 Å². The second-order valence-corrected chi connectivity index (χ2v) is 6.27. The Morgan fingerprint density at radius 3 is 2.14 bits per heavy atom. The molecule has 0 aromatic heterocycles. The van der Waals surface area contributed by atoms with Crippen LogP contribution in [0.2, 0.25) is 0 Å². The lowest BCUT2D eigenvalue weighted by Crippen LogP contribution is -2.23. The van der Waals surface area contributed by atoms with Crippen LogP contribution in [0.25, 0.3) is 11.1 Å². The summed E-state index contributed by atoms with van der Waals surface area (Å²) in [5.41, 5.74) is 3.53. The average Bonchev–Trinajstić information content (AvgIpc) is 2.46. The quantitative estimate of drug-likeness (QED) is 0.621. The van der Waals surface area contributed by atoms with E-state index in [1.54, 1.807) is 12.1 Å². The SMILES string of the molecule is Cc1ccc(-c2ccc(C(=O)OC(C)(C)C)cc2)cc1C=O. The predicted octanol–water partition coefficient (Wildman–Crippen LogP) is 4.43. The van der Waals surface area contributed by atoms with Crippen molar-refractivity contribution in [2.75, 3.05) is 0 Å². The van der Waals surface area contributed by atoms with Crippen LogP contribution in [0.3, 0.4) is 0 Å². The van der Waals surface area contributed by atoms with Crippen molar-refractivity contribution < 1.29 is 14.3 Å². The molecule has 0 aliphatic rings. The Kier molecular flexibility index (Phi) is 4.45. The van der Waals surface area contributed by atoms with Crippen LogP contribution < -0.4 is 0 Å². The third-order valence-electron chi connectivity index (χ3n) is 3.26. The lowest BCUT2D eigenvalue weighted by atomic mass is 9.99. The van der Waals surface area contributed by atoms with Crippen LogP contribution in [-0.4, -0.2) is 17.9 Å². The van der Waals surface area contributed by atoms with Crippen LogP contribution in [0.4, 0.5) is 0 Å². The molecule has 2 aromatic carbocycles. The number of rotatable bonds is 3. The van der Waals surface area contributed by atoms with Crippen LogP contribution in [0.15, 0.2) is 42.5 Å². The third kappa shape index (κ3) is 3.82. The van der Waals surface area contributed by atoms with Gasteiger partial charge in [-0.2, -0.15) is 0 Å². The lowest BCUT2D eigenvalue weighted by Gasteiger charge is -2.19. The average molecular weight is 296 g/mol. The van der Waals surface area contributed by atoms with Gasteiger partial charge in [-0.05, 0) is 62.6 Å². The molecule has 0 saturated heterocycles. The topological polar surface area (TPSA) is 43.4 Å². The molecule has 3 nitrogen and oxygen atoms in total. The maximum Gasteiger partial charge on any atom is 0.338 e.